The average molecular weight is 284 g/mol. The van der Waals surface area contributed by atoms with Crippen LogP contribution in [-0.2, 0) is 11.2 Å². The molecular formula is C15H19ClFNO. The topological polar surface area (TPSA) is 43.1 Å². The SMILES string of the molecule is NC1CCCCCC1C(=O)Cc1cc(F)ccc1Cl. The molecule has 104 valence electrons. The van der Waals surface area contributed by atoms with Crippen LogP contribution in [0, 0.1) is 11.7 Å². The maximum atomic E-state index is 13.2. The predicted molar refractivity (Wildman–Crippen MR) is 74.7 cm³/mol. The molecule has 0 amide bonds. The van der Waals surface area contributed by atoms with E-state index in [2.05, 4.69) is 0 Å². The second kappa shape index (κ2) is 6.49. The molecule has 2 atom stereocenters. The monoisotopic (exact) mass is 283 g/mol. The lowest BCUT2D eigenvalue weighted by Gasteiger charge is -2.20. The summed E-state index contributed by atoms with van der Waals surface area (Å²) in [4.78, 5) is 12.3. The fourth-order valence-electron chi connectivity index (χ4n) is 2.73. The van der Waals surface area contributed by atoms with Gasteiger partial charge in [0.05, 0.1) is 0 Å². The quantitative estimate of drug-likeness (QED) is 0.863. The minimum atomic E-state index is -0.364. The number of Topliss-reactive ketones (excluding diaryl/α,β-unsaturated/α-hetero) is 1. The lowest BCUT2D eigenvalue weighted by molar-refractivity contribution is -0.123. The first-order valence-corrected chi connectivity index (χ1v) is 7.18. The summed E-state index contributed by atoms with van der Waals surface area (Å²) in [7, 11) is 0. The molecule has 0 bridgehead atoms. The van der Waals surface area contributed by atoms with E-state index in [0.29, 0.717) is 10.6 Å². The van der Waals surface area contributed by atoms with E-state index in [1.807, 2.05) is 0 Å². The van der Waals surface area contributed by atoms with Crippen molar-refractivity contribution >= 4 is 17.4 Å². The third kappa shape index (κ3) is 3.77. The van der Waals surface area contributed by atoms with Crippen LogP contribution in [0.5, 0.6) is 0 Å². The molecule has 19 heavy (non-hydrogen) atoms. The van der Waals surface area contributed by atoms with Gasteiger partial charge in [-0.05, 0) is 36.6 Å². The average Bonchev–Trinajstić information content (AvgIpc) is 2.58. The van der Waals surface area contributed by atoms with Crippen molar-refractivity contribution in [1.29, 1.82) is 0 Å². The van der Waals surface area contributed by atoms with Crippen LogP contribution in [0.1, 0.15) is 37.7 Å². The number of benzene rings is 1. The van der Waals surface area contributed by atoms with E-state index < -0.39 is 0 Å². The Kier molecular flexibility index (Phi) is 4.94. The van der Waals surface area contributed by atoms with Crippen LogP contribution >= 0.6 is 11.6 Å². The van der Waals surface area contributed by atoms with Gasteiger partial charge >= 0.3 is 0 Å². The van der Waals surface area contributed by atoms with E-state index in [-0.39, 0.29) is 30.0 Å². The van der Waals surface area contributed by atoms with Crippen molar-refractivity contribution in [2.75, 3.05) is 0 Å². The van der Waals surface area contributed by atoms with Crippen molar-refractivity contribution < 1.29 is 9.18 Å². The van der Waals surface area contributed by atoms with Gasteiger partial charge in [0.1, 0.15) is 11.6 Å². The molecule has 0 aromatic heterocycles. The summed E-state index contributed by atoms with van der Waals surface area (Å²) in [6, 6.07) is 4.06. The molecule has 2 rings (SSSR count). The Balaban J connectivity index is 2.09. The second-order valence-corrected chi connectivity index (χ2v) is 5.69. The molecule has 1 aliphatic rings. The zero-order valence-electron chi connectivity index (χ0n) is 10.9. The number of carbonyl (C=O) groups is 1. The summed E-state index contributed by atoms with van der Waals surface area (Å²) in [6.45, 7) is 0. The zero-order valence-corrected chi connectivity index (χ0v) is 11.6. The van der Waals surface area contributed by atoms with E-state index in [0.717, 1.165) is 32.1 Å². The molecule has 0 heterocycles. The van der Waals surface area contributed by atoms with Crippen molar-refractivity contribution in [2.24, 2.45) is 11.7 Å². The van der Waals surface area contributed by atoms with Gasteiger partial charge in [0.2, 0.25) is 0 Å². The van der Waals surface area contributed by atoms with Crippen LogP contribution in [0.3, 0.4) is 0 Å². The highest BCUT2D eigenvalue weighted by atomic mass is 35.5. The number of halogens is 2. The summed E-state index contributed by atoms with van der Waals surface area (Å²) in [6.07, 6.45) is 5.18. The Morgan fingerprint density at radius 3 is 2.84 bits per heavy atom. The molecule has 2 unspecified atom stereocenters. The van der Waals surface area contributed by atoms with E-state index in [9.17, 15) is 9.18 Å². The van der Waals surface area contributed by atoms with Gasteiger partial charge in [-0.1, -0.05) is 30.9 Å². The number of carbonyl (C=O) groups excluding carboxylic acids is 1. The van der Waals surface area contributed by atoms with E-state index in [1.165, 1.54) is 18.2 Å². The van der Waals surface area contributed by atoms with Gasteiger partial charge in [-0.2, -0.15) is 0 Å². The van der Waals surface area contributed by atoms with Crippen LogP contribution in [0.2, 0.25) is 5.02 Å². The number of hydrogen-bond acceptors (Lipinski definition) is 2. The largest absolute Gasteiger partial charge is 0.327 e. The van der Waals surface area contributed by atoms with E-state index >= 15 is 0 Å². The molecule has 1 aliphatic carbocycles. The van der Waals surface area contributed by atoms with Crippen LogP contribution in [0.15, 0.2) is 18.2 Å². The normalized spacial score (nSPS) is 23.9. The summed E-state index contributed by atoms with van der Waals surface area (Å²) in [5, 5.41) is 0.442. The molecular weight excluding hydrogens is 265 g/mol. The Morgan fingerprint density at radius 1 is 1.32 bits per heavy atom. The third-order valence-electron chi connectivity index (χ3n) is 3.86. The standard InChI is InChI=1S/C15H19ClFNO/c16-13-7-6-11(17)8-10(13)9-15(19)12-4-2-1-3-5-14(12)18/h6-8,12,14H,1-5,9,18H2. The third-order valence-corrected chi connectivity index (χ3v) is 4.22. The van der Waals surface area contributed by atoms with Crippen molar-refractivity contribution in [3.8, 4) is 0 Å². The van der Waals surface area contributed by atoms with Gasteiger partial charge in [0.15, 0.2) is 0 Å². The molecule has 2 nitrogen and oxygen atoms in total. The highest BCUT2D eigenvalue weighted by Crippen LogP contribution is 2.26. The highest BCUT2D eigenvalue weighted by Gasteiger charge is 2.27. The van der Waals surface area contributed by atoms with Gasteiger partial charge in [0.25, 0.3) is 0 Å². The van der Waals surface area contributed by atoms with Gasteiger partial charge in [0, 0.05) is 23.4 Å². The van der Waals surface area contributed by atoms with Crippen molar-refractivity contribution in [3.63, 3.8) is 0 Å². The first-order valence-electron chi connectivity index (χ1n) is 6.80. The molecule has 0 radical (unpaired) electrons. The summed E-state index contributed by atoms with van der Waals surface area (Å²) < 4.78 is 13.2. The smallest absolute Gasteiger partial charge is 0.141 e. The van der Waals surface area contributed by atoms with Gasteiger partial charge < -0.3 is 5.73 Å². The Morgan fingerprint density at radius 2 is 2.05 bits per heavy atom. The van der Waals surface area contributed by atoms with E-state index in [1.54, 1.807) is 0 Å². The van der Waals surface area contributed by atoms with Crippen molar-refractivity contribution in [1.82, 2.24) is 0 Å². The Bertz CT molecular complexity index is 463. The second-order valence-electron chi connectivity index (χ2n) is 5.29. The number of rotatable bonds is 3. The minimum Gasteiger partial charge on any atom is -0.327 e. The van der Waals surface area contributed by atoms with Gasteiger partial charge in [-0.25, -0.2) is 4.39 Å². The van der Waals surface area contributed by atoms with Gasteiger partial charge in [-0.15, -0.1) is 0 Å². The minimum absolute atomic E-state index is 0.0673. The Hall–Kier alpha value is -0.930. The fraction of sp³-hybridized carbons (Fsp3) is 0.533. The number of nitrogens with two attached hydrogens (primary N) is 1. The number of hydrogen-bond donors (Lipinski definition) is 1. The predicted octanol–water partition coefficient (Wildman–Crippen LogP) is 3.50. The Labute approximate surface area is 118 Å². The molecule has 1 fully saturated rings. The summed E-state index contributed by atoms with van der Waals surface area (Å²) in [5.74, 6) is -0.388. The molecule has 0 aliphatic heterocycles. The molecule has 0 saturated heterocycles. The van der Waals surface area contributed by atoms with Crippen LogP contribution < -0.4 is 5.73 Å². The fourth-order valence-corrected chi connectivity index (χ4v) is 2.92. The molecule has 1 aromatic carbocycles. The molecule has 2 N–H and O–H groups in total. The summed E-state index contributed by atoms with van der Waals surface area (Å²) >= 11 is 6.00. The molecule has 0 spiro atoms. The summed E-state index contributed by atoms with van der Waals surface area (Å²) in [5.41, 5.74) is 6.63. The van der Waals surface area contributed by atoms with E-state index in [4.69, 9.17) is 17.3 Å². The maximum Gasteiger partial charge on any atom is 0.141 e. The lowest BCUT2D eigenvalue weighted by atomic mass is 9.88. The zero-order chi connectivity index (χ0) is 13.8. The van der Waals surface area contributed by atoms with Crippen LogP contribution in [0.25, 0.3) is 0 Å². The molecule has 4 heteroatoms. The first-order chi connectivity index (χ1) is 9.08. The molecule has 1 saturated carbocycles. The van der Waals surface area contributed by atoms with Crippen LogP contribution in [0.4, 0.5) is 4.39 Å². The lowest BCUT2D eigenvalue weighted by Crippen LogP contribution is -2.35. The molecule has 1 aromatic rings. The van der Waals surface area contributed by atoms with Gasteiger partial charge in [-0.3, -0.25) is 4.79 Å². The first kappa shape index (κ1) is 14.5. The maximum absolute atomic E-state index is 13.2. The van der Waals surface area contributed by atoms with Crippen LogP contribution in [-0.4, -0.2) is 11.8 Å². The highest BCUT2D eigenvalue weighted by molar-refractivity contribution is 6.31. The number of ketones is 1. The van der Waals surface area contributed by atoms with Crippen molar-refractivity contribution in [3.05, 3.63) is 34.6 Å². The van der Waals surface area contributed by atoms with Crippen molar-refractivity contribution in [2.45, 2.75) is 44.6 Å².